The van der Waals surface area contributed by atoms with Gasteiger partial charge in [0.05, 0.1) is 5.60 Å². The van der Waals surface area contributed by atoms with Crippen molar-refractivity contribution in [1.29, 1.82) is 0 Å². The second-order valence-electron chi connectivity index (χ2n) is 3.73. The van der Waals surface area contributed by atoms with Crippen LogP contribution in [0.1, 0.15) is 27.2 Å². The topological polar surface area (TPSA) is 23.5 Å². The first-order chi connectivity index (χ1) is 5.45. The van der Waals surface area contributed by atoms with Gasteiger partial charge in [-0.05, 0) is 27.8 Å². The summed E-state index contributed by atoms with van der Waals surface area (Å²) >= 11 is 0. The predicted molar refractivity (Wildman–Crippen MR) is 51.9 cm³/mol. The molecular weight excluding hydrogens is 150 g/mol. The van der Waals surface area contributed by atoms with Crippen LogP contribution in [0.25, 0.3) is 0 Å². The van der Waals surface area contributed by atoms with Crippen molar-refractivity contribution in [2.75, 3.05) is 20.1 Å². The van der Waals surface area contributed by atoms with Crippen LogP contribution in [-0.2, 0) is 0 Å². The molecule has 0 aliphatic heterocycles. The Morgan fingerprint density at radius 1 is 1.42 bits per heavy atom. The molecule has 0 aromatic heterocycles. The summed E-state index contributed by atoms with van der Waals surface area (Å²) in [5.41, 5.74) is -0.603. The van der Waals surface area contributed by atoms with E-state index in [1.807, 2.05) is 27.8 Å². The molecular formula is C10H19NO. The largest absolute Gasteiger partial charge is 0.389 e. The van der Waals surface area contributed by atoms with Crippen molar-refractivity contribution >= 4 is 0 Å². The van der Waals surface area contributed by atoms with E-state index in [9.17, 15) is 5.11 Å². The van der Waals surface area contributed by atoms with Crippen LogP contribution in [-0.4, -0.2) is 35.7 Å². The molecule has 0 fully saturated rings. The van der Waals surface area contributed by atoms with Crippen molar-refractivity contribution in [1.82, 2.24) is 4.90 Å². The third-order valence-electron chi connectivity index (χ3n) is 1.45. The Hall–Kier alpha value is -0.520. The molecule has 0 unspecified atom stereocenters. The van der Waals surface area contributed by atoms with Gasteiger partial charge >= 0.3 is 0 Å². The van der Waals surface area contributed by atoms with Gasteiger partial charge in [0.1, 0.15) is 0 Å². The number of rotatable bonds is 4. The first-order valence-electron chi connectivity index (χ1n) is 4.26. The van der Waals surface area contributed by atoms with Gasteiger partial charge in [-0.3, -0.25) is 0 Å². The third-order valence-corrected chi connectivity index (χ3v) is 1.45. The molecule has 0 saturated heterocycles. The number of likely N-dealkylation sites (N-methyl/N-ethyl adjacent to an activating group) is 1. The Morgan fingerprint density at radius 2 is 2.00 bits per heavy atom. The van der Waals surface area contributed by atoms with E-state index in [0.717, 1.165) is 13.0 Å². The van der Waals surface area contributed by atoms with Crippen LogP contribution in [0.15, 0.2) is 0 Å². The van der Waals surface area contributed by atoms with Gasteiger partial charge in [0.2, 0.25) is 0 Å². The molecule has 12 heavy (non-hydrogen) atoms. The van der Waals surface area contributed by atoms with Gasteiger partial charge in [-0.2, -0.15) is 0 Å². The third kappa shape index (κ3) is 7.59. The van der Waals surface area contributed by atoms with Crippen LogP contribution in [0.2, 0.25) is 0 Å². The highest BCUT2D eigenvalue weighted by Gasteiger charge is 2.14. The van der Waals surface area contributed by atoms with E-state index in [1.165, 1.54) is 0 Å². The molecule has 0 spiro atoms. The molecule has 0 saturated carbocycles. The summed E-state index contributed by atoms with van der Waals surface area (Å²) < 4.78 is 0. The molecule has 0 heterocycles. The molecule has 2 nitrogen and oxygen atoms in total. The molecule has 2 heteroatoms. The van der Waals surface area contributed by atoms with Gasteiger partial charge in [0.15, 0.2) is 0 Å². The number of hydrogen-bond acceptors (Lipinski definition) is 2. The van der Waals surface area contributed by atoms with Crippen LogP contribution in [0, 0.1) is 11.8 Å². The van der Waals surface area contributed by atoms with Crippen molar-refractivity contribution < 1.29 is 5.11 Å². The van der Waals surface area contributed by atoms with Crippen molar-refractivity contribution in [2.45, 2.75) is 32.8 Å². The zero-order chi connectivity index (χ0) is 9.61. The molecule has 0 aromatic rings. The maximum atomic E-state index is 9.47. The maximum Gasteiger partial charge on any atom is 0.0718 e. The van der Waals surface area contributed by atoms with E-state index in [1.54, 1.807) is 0 Å². The van der Waals surface area contributed by atoms with Crippen LogP contribution >= 0.6 is 0 Å². The average Bonchev–Trinajstić information content (AvgIpc) is 1.84. The summed E-state index contributed by atoms with van der Waals surface area (Å²) in [7, 11) is 2.00. The van der Waals surface area contributed by atoms with Gasteiger partial charge < -0.3 is 10.0 Å². The Balaban J connectivity index is 3.57. The Bertz CT molecular complexity index is 171. The minimum atomic E-state index is -0.603. The van der Waals surface area contributed by atoms with Crippen molar-refractivity contribution in [3.63, 3.8) is 0 Å². The van der Waals surface area contributed by atoms with E-state index in [-0.39, 0.29) is 0 Å². The van der Waals surface area contributed by atoms with Crippen LogP contribution in [0.4, 0.5) is 0 Å². The quantitative estimate of drug-likeness (QED) is 0.637. The summed E-state index contributed by atoms with van der Waals surface area (Å²) in [4.78, 5) is 2.09. The van der Waals surface area contributed by atoms with E-state index < -0.39 is 5.60 Å². The van der Waals surface area contributed by atoms with E-state index >= 15 is 0 Å². The number of aliphatic hydroxyl groups is 1. The summed E-state index contributed by atoms with van der Waals surface area (Å²) in [5.74, 6) is 5.84. The lowest BCUT2D eigenvalue weighted by atomic mass is 10.1. The molecule has 0 aromatic carbocycles. The molecule has 0 aliphatic carbocycles. The molecule has 1 N–H and O–H groups in total. The molecule has 0 rings (SSSR count). The molecule has 0 atom stereocenters. The maximum absolute atomic E-state index is 9.47. The molecule has 0 amide bonds. The standard InChI is InChI=1S/C10H19NO/c1-5-6-7-8-11(4)9-10(2,3)12/h12H,7-9H2,1-4H3. The van der Waals surface area contributed by atoms with Crippen LogP contribution < -0.4 is 0 Å². The summed E-state index contributed by atoms with van der Waals surface area (Å²) in [6.45, 7) is 7.09. The highest BCUT2D eigenvalue weighted by atomic mass is 16.3. The zero-order valence-electron chi connectivity index (χ0n) is 8.52. The lowest BCUT2D eigenvalue weighted by molar-refractivity contribution is 0.0453. The molecule has 0 radical (unpaired) electrons. The minimum Gasteiger partial charge on any atom is -0.389 e. The zero-order valence-corrected chi connectivity index (χ0v) is 8.52. The lowest BCUT2D eigenvalue weighted by Crippen LogP contribution is -2.36. The van der Waals surface area contributed by atoms with Crippen molar-refractivity contribution in [2.24, 2.45) is 0 Å². The summed E-state index contributed by atoms with van der Waals surface area (Å²) in [6.07, 6.45) is 0.878. The van der Waals surface area contributed by atoms with E-state index in [2.05, 4.69) is 16.7 Å². The van der Waals surface area contributed by atoms with Gasteiger partial charge in [-0.25, -0.2) is 0 Å². The fourth-order valence-corrected chi connectivity index (χ4v) is 1.11. The van der Waals surface area contributed by atoms with E-state index in [0.29, 0.717) is 6.54 Å². The van der Waals surface area contributed by atoms with Crippen LogP contribution in [0.5, 0.6) is 0 Å². The van der Waals surface area contributed by atoms with Crippen LogP contribution in [0.3, 0.4) is 0 Å². The van der Waals surface area contributed by atoms with Gasteiger partial charge in [0.25, 0.3) is 0 Å². The highest BCUT2D eigenvalue weighted by Crippen LogP contribution is 2.02. The Labute approximate surface area is 75.6 Å². The predicted octanol–water partition coefficient (Wildman–Crippen LogP) is 1.10. The first-order valence-corrected chi connectivity index (χ1v) is 4.26. The van der Waals surface area contributed by atoms with Gasteiger partial charge in [0, 0.05) is 19.5 Å². The van der Waals surface area contributed by atoms with E-state index in [4.69, 9.17) is 0 Å². The molecule has 0 bridgehead atoms. The Kier molecular flexibility index (Phi) is 4.96. The summed E-state index contributed by atoms with van der Waals surface area (Å²) in [5, 5.41) is 9.47. The minimum absolute atomic E-state index is 0.603. The first kappa shape index (κ1) is 11.5. The lowest BCUT2D eigenvalue weighted by Gasteiger charge is -2.24. The smallest absolute Gasteiger partial charge is 0.0718 e. The highest BCUT2D eigenvalue weighted by molar-refractivity contribution is 4.95. The van der Waals surface area contributed by atoms with Crippen molar-refractivity contribution in [3.05, 3.63) is 0 Å². The SMILES string of the molecule is CC#CCCN(C)CC(C)(C)O. The van der Waals surface area contributed by atoms with Crippen molar-refractivity contribution in [3.8, 4) is 11.8 Å². The summed E-state index contributed by atoms with van der Waals surface area (Å²) in [6, 6.07) is 0. The number of hydrogen-bond donors (Lipinski definition) is 1. The van der Waals surface area contributed by atoms with Gasteiger partial charge in [-0.1, -0.05) is 0 Å². The second kappa shape index (κ2) is 5.18. The normalized spacial score (nSPS) is 11.2. The molecule has 70 valence electrons. The fourth-order valence-electron chi connectivity index (χ4n) is 1.11. The van der Waals surface area contributed by atoms with Gasteiger partial charge in [-0.15, -0.1) is 11.8 Å². The number of nitrogens with zero attached hydrogens (tertiary/aromatic N) is 1. The molecule has 0 aliphatic rings. The monoisotopic (exact) mass is 169 g/mol. The Morgan fingerprint density at radius 3 is 2.42 bits per heavy atom. The average molecular weight is 169 g/mol. The fraction of sp³-hybridized carbons (Fsp3) is 0.800. The second-order valence-corrected chi connectivity index (χ2v) is 3.73.